The Hall–Kier alpha value is -3.15. The van der Waals surface area contributed by atoms with Crippen molar-refractivity contribution in [3.8, 4) is 0 Å². The molecule has 1 saturated heterocycles. The Morgan fingerprint density at radius 3 is 1.74 bits per heavy atom. The van der Waals surface area contributed by atoms with Crippen LogP contribution in [0.4, 0.5) is 4.79 Å². The van der Waals surface area contributed by atoms with Crippen LogP contribution in [0, 0.1) is 0 Å². The molecule has 5 nitrogen and oxygen atoms in total. The lowest BCUT2D eigenvalue weighted by Gasteiger charge is -2.50. The number of amides is 1. The zero-order chi connectivity index (χ0) is 24.5. The molecule has 0 bridgehead atoms. The van der Waals surface area contributed by atoms with Gasteiger partial charge in [-0.3, -0.25) is 9.80 Å². The second-order valence-electron chi connectivity index (χ2n) is 10.3. The van der Waals surface area contributed by atoms with Crippen LogP contribution in [0.3, 0.4) is 0 Å². The van der Waals surface area contributed by atoms with Crippen molar-refractivity contribution in [3.63, 3.8) is 0 Å². The van der Waals surface area contributed by atoms with Crippen molar-refractivity contribution in [3.05, 3.63) is 107 Å². The number of rotatable bonds is 6. The van der Waals surface area contributed by atoms with Crippen LogP contribution < -0.4 is 0 Å². The molecule has 1 amide bonds. The summed E-state index contributed by atoms with van der Waals surface area (Å²) in [6.07, 6.45) is -0.940. The number of β-amino-alcohol motifs (C(OH)–C–C–N with tert-alkyl or cyclic N) is 1. The van der Waals surface area contributed by atoms with E-state index in [1.54, 1.807) is 0 Å². The summed E-state index contributed by atoms with van der Waals surface area (Å²) in [4.78, 5) is 15.6. The SMILES string of the molecule is C[C@@H](c1ccc(C2(O)CN(C(c3ccccc3)c3ccccc3)C2)cc1)N(C(=O)O)C(C)(C)C. The van der Waals surface area contributed by atoms with Gasteiger partial charge in [-0.2, -0.15) is 0 Å². The van der Waals surface area contributed by atoms with Gasteiger partial charge in [-0.1, -0.05) is 84.9 Å². The summed E-state index contributed by atoms with van der Waals surface area (Å²) >= 11 is 0. The van der Waals surface area contributed by atoms with E-state index < -0.39 is 17.2 Å². The lowest BCUT2D eigenvalue weighted by molar-refractivity contribution is -0.116. The normalized spacial score (nSPS) is 16.6. The molecule has 0 radical (unpaired) electrons. The molecule has 1 aliphatic rings. The van der Waals surface area contributed by atoms with Gasteiger partial charge < -0.3 is 10.2 Å². The van der Waals surface area contributed by atoms with Gasteiger partial charge in [0.1, 0.15) is 5.60 Å². The molecule has 1 atom stereocenters. The zero-order valence-electron chi connectivity index (χ0n) is 20.3. The number of hydrogen-bond acceptors (Lipinski definition) is 3. The van der Waals surface area contributed by atoms with Gasteiger partial charge in [-0.25, -0.2) is 4.79 Å². The highest BCUT2D eigenvalue weighted by Gasteiger charge is 2.46. The van der Waals surface area contributed by atoms with E-state index in [0.717, 1.165) is 11.1 Å². The van der Waals surface area contributed by atoms with E-state index in [0.29, 0.717) is 13.1 Å². The Morgan fingerprint density at radius 2 is 1.32 bits per heavy atom. The minimum absolute atomic E-state index is 0.0814. The first-order valence-corrected chi connectivity index (χ1v) is 11.8. The predicted octanol–water partition coefficient (Wildman–Crippen LogP) is 5.82. The van der Waals surface area contributed by atoms with Crippen molar-refractivity contribution < 1.29 is 15.0 Å². The highest BCUT2D eigenvalue weighted by Crippen LogP contribution is 2.41. The monoisotopic (exact) mass is 458 g/mol. The van der Waals surface area contributed by atoms with Crippen LogP contribution >= 0.6 is 0 Å². The average molecular weight is 459 g/mol. The van der Waals surface area contributed by atoms with Gasteiger partial charge in [-0.05, 0) is 49.9 Å². The van der Waals surface area contributed by atoms with E-state index in [2.05, 4.69) is 53.4 Å². The summed E-state index contributed by atoms with van der Waals surface area (Å²) in [5.74, 6) is 0. The second-order valence-corrected chi connectivity index (χ2v) is 10.3. The summed E-state index contributed by atoms with van der Waals surface area (Å²) < 4.78 is 0. The number of likely N-dealkylation sites (tertiary alicyclic amines) is 1. The maximum Gasteiger partial charge on any atom is 0.408 e. The van der Waals surface area contributed by atoms with Crippen LogP contribution in [0.25, 0.3) is 0 Å². The minimum Gasteiger partial charge on any atom is -0.465 e. The molecule has 1 fully saturated rings. The first-order chi connectivity index (χ1) is 16.1. The van der Waals surface area contributed by atoms with Gasteiger partial charge in [-0.15, -0.1) is 0 Å². The molecule has 1 heterocycles. The number of benzene rings is 3. The molecule has 5 heteroatoms. The summed E-state index contributed by atoms with van der Waals surface area (Å²) in [6.45, 7) is 8.65. The van der Waals surface area contributed by atoms with E-state index in [1.165, 1.54) is 16.0 Å². The molecule has 1 aliphatic heterocycles. The van der Waals surface area contributed by atoms with Gasteiger partial charge in [0, 0.05) is 18.6 Å². The summed E-state index contributed by atoms with van der Waals surface area (Å²) in [5, 5.41) is 21.1. The van der Waals surface area contributed by atoms with Crippen LogP contribution in [-0.4, -0.2) is 44.7 Å². The van der Waals surface area contributed by atoms with Crippen LogP contribution in [0.15, 0.2) is 84.9 Å². The van der Waals surface area contributed by atoms with Crippen molar-refractivity contribution in [2.75, 3.05) is 13.1 Å². The number of nitrogens with zero attached hydrogens (tertiary/aromatic N) is 2. The van der Waals surface area contributed by atoms with E-state index in [-0.39, 0.29) is 12.1 Å². The third-order valence-corrected chi connectivity index (χ3v) is 6.77. The van der Waals surface area contributed by atoms with Crippen molar-refractivity contribution in [1.82, 2.24) is 9.80 Å². The van der Waals surface area contributed by atoms with Gasteiger partial charge in [0.25, 0.3) is 0 Å². The summed E-state index contributed by atoms with van der Waals surface area (Å²) in [5.41, 5.74) is 2.73. The smallest absolute Gasteiger partial charge is 0.408 e. The van der Waals surface area contributed by atoms with E-state index in [1.807, 2.05) is 64.1 Å². The standard InChI is InChI=1S/C29H34N2O3/c1-21(31(27(32)33)28(2,3)4)22-15-17-25(18-16-22)29(34)19-30(20-29)26(23-11-7-5-8-12-23)24-13-9-6-10-14-24/h5-18,21,26,34H,19-20H2,1-4H3,(H,32,33)/t21-/m0/s1. The van der Waals surface area contributed by atoms with Crippen molar-refractivity contribution in [2.45, 2.75) is 50.9 Å². The fraction of sp³-hybridized carbons (Fsp3) is 0.345. The van der Waals surface area contributed by atoms with Gasteiger partial charge >= 0.3 is 6.09 Å². The van der Waals surface area contributed by atoms with E-state index in [9.17, 15) is 15.0 Å². The highest BCUT2D eigenvalue weighted by molar-refractivity contribution is 5.66. The van der Waals surface area contributed by atoms with Gasteiger partial charge in [0.15, 0.2) is 0 Å². The molecule has 0 aliphatic carbocycles. The quantitative estimate of drug-likeness (QED) is 0.489. The number of carboxylic acid groups (broad SMARTS) is 1. The molecule has 3 aromatic carbocycles. The number of aliphatic hydroxyl groups is 1. The molecule has 4 rings (SSSR count). The Balaban J connectivity index is 1.53. The molecular formula is C29H34N2O3. The Bertz CT molecular complexity index is 1060. The van der Waals surface area contributed by atoms with Crippen LogP contribution in [0.5, 0.6) is 0 Å². The van der Waals surface area contributed by atoms with Gasteiger partial charge in [0.05, 0.1) is 12.1 Å². The lowest BCUT2D eigenvalue weighted by Crippen LogP contribution is -2.60. The van der Waals surface area contributed by atoms with Crippen molar-refractivity contribution >= 4 is 6.09 Å². The Kier molecular flexibility index (Phi) is 6.52. The molecule has 3 aromatic rings. The zero-order valence-corrected chi connectivity index (χ0v) is 20.3. The number of hydrogen-bond donors (Lipinski definition) is 2. The maximum atomic E-state index is 11.9. The second kappa shape index (κ2) is 9.24. The molecule has 34 heavy (non-hydrogen) atoms. The average Bonchev–Trinajstić information content (AvgIpc) is 2.78. The molecule has 178 valence electrons. The Labute approximate surface area is 202 Å². The summed E-state index contributed by atoms with van der Waals surface area (Å²) in [6, 6.07) is 28.3. The molecular weight excluding hydrogens is 424 g/mol. The van der Waals surface area contributed by atoms with E-state index >= 15 is 0 Å². The van der Waals surface area contributed by atoms with Crippen LogP contribution in [0.1, 0.15) is 62.0 Å². The fourth-order valence-corrected chi connectivity index (χ4v) is 5.13. The minimum atomic E-state index is -0.940. The third-order valence-electron chi connectivity index (χ3n) is 6.77. The molecule has 0 spiro atoms. The fourth-order valence-electron chi connectivity index (χ4n) is 5.13. The van der Waals surface area contributed by atoms with Gasteiger partial charge in [0.2, 0.25) is 0 Å². The summed E-state index contributed by atoms with van der Waals surface area (Å²) in [7, 11) is 0. The van der Waals surface area contributed by atoms with Crippen LogP contribution in [-0.2, 0) is 5.60 Å². The third kappa shape index (κ3) is 4.72. The van der Waals surface area contributed by atoms with Crippen LogP contribution in [0.2, 0.25) is 0 Å². The molecule has 0 unspecified atom stereocenters. The van der Waals surface area contributed by atoms with Crippen molar-refractivity contribution in [2.24, 2.45) is 0 Å². The first-order valence-electron chi connectivity index (χ1n) is 11.8. The lowest BCUT2D eigenvalue weighted by atomic mass is 9.82. The highest BCUT2D eigenvalue weighted by atomic mass is 16.4. The number of carbonyl (C=O) groups is 1. The van der Waals surface area contributed by atoms with Crippen molar-refractivity contribution in [1.29, 1.82) is 0 Å². The molecule has 0 aromatic heterocycles. The maximum absolute atomic E-state index is 11.9. The predicted molar refractivity (Wildman–Crippen MR) is 135 cm³/mol. The molecule has 2 N–H and O–H groups in total. The largest absolute Gasteiger partial charge is 0.465 e. The Morgan fingerprint density at radius 1 is 0.853 bits per heavy atom. The van der Waals surface area contributed by atoms with E-state index in [4.69, 9.17) is 0 Å². The first kappa shape index (κ1) is 24.0. The molecule has 0 saturated carbocycles. The topological polar surface area (TPSA) is 64.0 Å².